The lowest BCUT2D eigenvalue weighted by molar-refractivity contribution is -0.139. The fraction of sp³-hybridized carbons (Fsp3) is 0.318. The van der Waals surface area contributed by atoms with Gasteiger partial charge >= 0.3 is 5.97 Å². The van der Waals surface area contributed by atoms with E-state index in [0.717, 1.165) is 24.1 Å². The van der Waals surface area contributed by atoms with Crippen molar-refractivity contribution in [1.29, 1.82) is 0 Å². The molecule has 1 heterocycles. The van der Waals surface area contributed by atoms with E-state index in [0.29, 0.717) is 36.0 Å². The molecule has 2 aromatic carbocycles. The lowest BCUT2D eigenvalue weighted by atomic mass is 10.0. The first kappa shape index (κ1) is 21.2. The van der Waals surface area contributed by atoms with Crippen LogP contribution in [0.5, 0.6) is 17.2 Å². The highest BCUT2D eigenvalue weighted by atomic mass is 16.5. The molecule has 0 fully saturated rings. The molecule has 0 radical (unpaired) electrons. The molecule has 0 aromatic heterocycles. The molecule has 0 saturated carbocycles. The van der Waals surface area contributed by atoms with E-state index >= 15 is 0 Å². The number of hydrazone groups is 1. The molecular weight excluding hydrogens is 388 g/mol. The second kappa shape index (κ2) is 9.78. The van der Waals surface area contributed by atoms with E-state index < -0.39 is 12.6 Å². The maximum absolute atomic E-state index is 12.9. The molecule has 0 unspecified atom stereocenters. The monoisotopic (exact) mass is 412 g/mol. The van der Waals surface area contributed by atoms with Crippen LogP contribution in [0.4, 0.5) is 0 Å². The largest absolute Gasteiger partial charge is 0.493 e. The summed E-state index contributed by atoms with van der Waals surface area (Å²) in [6.45, 7) is 2.51. The second-order valence-corrected chi connectivity index (χ2v) is 6.58. The van der Waals surface area contributed by atoms with Crippen LogP contribution in [0.15, 0.2) is 47.6 Å². The molecule has 30 heavy (non-hydrogen) atoms. The molecule has 1 aliphatic rings. The summed E-state index contributed by atoms with van der Waals surface area (Å²) in [6.07, 6.45) is 1.55. The summed E-state index contributed by atoms with van der Waals surface area (Å²) >= 11 is 0. The van der Waals surface area contributed by atoms with Crippen molar-refractivity contribution in [3.05, 3.63) is 53.6 Å². The van der Waals surface area contributed by atoms with Crippen molar-refractivity contribution < 1.29 is 28.9 Å². The first-order chi connectivity index (χ1) is 14.5. The summed E-state index contributed by atoms with van der Waals surface area (Å²) in [5, 5.41) is 14.7. The molecule has 158 valence electrons. The highest BCUT2D eigenvalue weighted by Gasteiger charge is 2.21. The Bertz CT molecular complexity index is 939. The number of hydrogen-bond acceptors (Lipinski definition) is 6. The standard InChI is InChI=1S/C22H24N2O6/c1-3-29-20-13-16(8-11-19(20)28-2)18-5-4-12-24(23-18)22(27)15-6-9-17(10-7-15)30-14-21(25)26/h6-11,13H,3-5,12,14H2,1-2H3,(H,25,26). The van der Waals surface area contributed by atoms with E-state index in [9.17, 15) is 9.59 Å². The minimum absolute atomic E-state index is 0.226. The Morgan fingerprint density at radius 1 is 1.10 bits per heavy atom. The van der Waals surface area contributed by atoms with Gasteiger partial charge in [0, 0.05) is 17.7 Å². The number of rotatable bonds is 8. The molecule has 1 amide bonds. The molecular formula is C22H24N2O6. The molecule has 0 spiro atoms. The molecule has 2 aromatic rings. The van der Waals surface area contributed by atoms with Gasteiger partial charge in [0.15, 0.2) is 18.1 Å². The van der Waals surface area contributed by atoms with E-state index in [-0.39, 0.29) is 5.91 Å². The topological polar surface area (TPSA) is 97.7 Å². The number of aliphatic carboxylic acids is 1. The van der Waals surface area contributed by atoms with Gasteiger partial charge in [0.05, 0.1) is 19.4 Å². The normalized spacial score (nSPS) is 13.4. The van der Waals surface area contributed by atoms with Crippen LogP contribution in [-0.2, 0) is 4.79 Å². The summed E-state index contributed by atoms with van der Waals surface area (Å²) in [5.74, 6) is 0.390. The van der Waals surface area contributed by atoms with Crippen molar-refractivity contribution in [1.82, 2.24) is 5.01 Å². The average molecular weight is 412 g/mol. The fourth-order valence-electron chi connectivity index (χ4n) is 3.10. The Hall–Kier alpha value is -3.55. The van der Waals surface area contributed by atoms with Gasteiger partial charge in [0.2, 0.25) is 0 Å². The quantitative estimate of drug-likeness (QED) is 0.715. The van der Waals surface area contributed by atoms with Crippen LogP contribution in [-0.4, -0.2) is 54.6 Å². The van der Waals surface area contributed by atoms with Gasteiger partial charge in [-0.15, -0.1) is 0 Å². The van der Waals surface area contributed by atoms with E-state index in [1.54, 1.807) is 31.4 Å². The number of nitrogens with zero attached hydrogens (tertiary/aromatic N) is 2. The van der Waals surface area contributed by atoms with Crippen molar-refractivity contribution >= 4 is 17.6 Å². The highest BCUT2D eigenvalue weighted by Crippen LogP contribution is 2.29. The van der Waals surface area contributed by atoms with Crippen LogP contribution in [0.25, 0.3) is 0 Å². The third kappa shape index (κ3) is 5.08. The summed E-state index contributed by atoms with van der Waals surface area (Å²) in [5.41, 5.74) is 2.14. The van der Waals surface area contributed by atoms with Crippen molar-refractivity contribution in [2.24, 2.45) is 5.10 Å². The van der Waals surface area contributed by atoms with E-state index in [2.05, 4.69) is 5.10 Å². The minimum Gasteiger partial charge on any atom is -0.493 e. The smallest absolute Gasteiger partial charge is 0.341 e. The number of methoxy groups -OCH3 is 1. The third-order valence-corrected chi connectivity index (χ3v) is 4.52. The Morgan fingerprint density at radius 2 is 1.87 bits per heavy atom. The van der Waals surface area contributed by atoms with Crippen molar-refractivity contribution in [3.8, 4) is 17.2 Å². The van der Waals surface area contributed by atoms with Gasteiger partial charge < -0.3 is 19.3 Å². The molecule has 0 bridgehead atoms. The van der Waals surface area contributed by atoms with Gasteiger partial charge in [-0.1, -0.05) is 0 Å². The number of amides is 1. The number of carbonyl (C=O) groups excluding carboxylic acids is 1. The van der Waals surface area contributed by atoms with Gasteiger partial charge in [-0.3, -0.25) is 4.79 Å². The highest BCUT2D eigenvalue weighted by molar-refractivity contribution is 6.03. The van der Waals surface area contributed by atoms with E-state index in [1.165, 1.54) is 5.01 Å². The molecule has 8 nitrogen and oxygen atoms in total. The van der Waals surface area contributed by atoms with Gasteiger partial charge in [-0.2, -0.15) is 5.10 Å². The zero-order valence-electron chi connectivity index (χ0n) is 17.0. The van der Waals surface area contributed by atoms with E-state index in [4.69, 9.17) is 19.3 Å². The number of hydrogen-bond donors (Lipinski definition) is 1. The predicted molar refractivity (Wildman–Crippen MR) is 111 cm³/mol. The number of carboxylic acids is 1. The van der Waals surface area contributed by atoms with Gasteiger partial charge in [0.25, 0.3) is 5.91 Å². The lowest BCUT2D eigenvalue weighted by Crippen LogP contribution is -2.32. The van der Waals surface area contributed by atoms with Crippen molar-refractivity contribution in [3.63, 3.8) is 0 Å². The maximum atomic E-state index is 12.9. The molecule has 1 aliphatic heterocycles. The first-order valence-electron chi connectivity index (χ1n) is 9.67. The van der Waals surface area contributed by atoms with Crippen molar-refractivity contribution in [2.75, 3.05) is 26.9 Å². The first-order valence-corrected chi connectivity index (χ1v) is 9.67. The maximum Gasteiger partial charge on any atom is 0.341 e. The number of benzene rings is 2. The zero-order chi connectivity index (χ0) is 21.5. The molecule has 0 atom stereocenters. The average Bonchev–Trinajstić information content (AvgIpc) is 2.78. The predicted octanol–water partition coefficient (Wildman–Crippen LogP) is 3.20. The lowest BCUT2D eigenvalue weighted by Gasteiger charge is -2.24. The van der Waals surface area contributed by atoms with E-state index in [1.807, 2.05) is 25.1 Å². The fourth-order valence-corrected chi connectivity index (χ4v) is 3.10. The van der Waals surface area contributed by atoms with Crippen LogP contribution in [0, 0.1) is 0 Å². The SMILES string of the molecule is CCOc1cc(C2=NN(C(=O)c3ccc(OCC(=O)O)cc3)CCC2)ccc1OC. The second-order valence-electron chi connectivity index (χ2n) is 6.58. The Morgan fingerprint density at radius 3 is 2.53 bits per heavy atom. The Kier molecular flexibility index (Phi) is 6.90. The van der Waals surface area contributed by atoms with Crippen LogP contribution < -0.4 is 14.2 Å². The molecule has 3 rings (SSSR count). The number of carboxylic acid groups (broad SMARTS) is 1. The third-order valence-electron chi connectivity index (χ3n) is 4.52. The van der Waals surface area contributed by atoms with Gasteiger partial charge in [-0.25, -0.2) is 9.80 Å². The minimum atomic E-state index is -1.06. The summed E-state index contributed by atoms with van der Waals surface area (Å²) < 4.78 is 16.1. The van der Waals surface area contributed by atoms with Crippen LogP contribution in [0.1, 0.15) is 35.7 Å². The van der Waals surface area contributed by atoms with Crippen LogP contribution in [0.3, 0.4) is 0 Å². The summed E-state index contributed by atoms with van der Waals surface area (Å²) in [7, 11) is 1.59. The molecule has 1 N–H and O–H groups in total. The zero-order valence-corrected chi connectivity index (χ0v) is 17.0. The molecule has 8 heteroatoms. The summed E-state index contributed by atoms with van der Waals surface area (Å²) in [6, 6.07) is 12.0. The Balaban J connectivity index is 1.77. The van der Waals surface area contributed by atoms with Gasteiger partial charge in [0.1, 0.15) is 5.75 Å². The van der Waals surface area contributed by atoms with Gasteiger partial charge in [-0.05, 0) is 62.2 Å². The number of ether oxygens (including phenoxy) is 3. The Labute approximate surface area is 174 Å². The van der Waals surface area contributed by atoms with Crippen LogP contribution >= 0.6 is 0 Å². The molecule has 0 aliphatic carbocycles. The summed E-state index contributed by atoms with van der Waals surface area (Å²) in [4.78, 5) is 23.4. The van der Waals surface area contributed by atoms with Crippen molar-refractivity contribution in [2.45, 2.75) is 19.8 Å². The molecule has 0 saturated heterocycles. The van der Waals surface area contributed by atoms with Crippen LogP contribution in [0.2, 0.25) is 0 Å². The number of carbonyl (C=O) groups is 2.